The van der Waals surface area contributed by atoms with Gasteiger partial charge in [0.25, 0.3) is 0 Å². The lowest BCUT2D eigenvalue weighted by Gasteiger charge is -2.31. The van der Waals surface area contributed by atoms with Crippen LogP contribution < -0.4 is 5.32 Å². The van der Waals surface area contributed by atoms with Gasteiger partial charge in [-0.1, -0.05) is 19.1 Å². The van der Waals surface area contributed by atoms with Crippen molar-refractivity contribution >= 4 is 11.8 Å². The van der Waals surface area contributed by atoms with Crippen LogP contribution in [-0.4, -0.2) is 29.8 Å². The lowest BCUT2D eigenvalue weighted by atomic mass is 9.95. The smallest absolute Gasteiger partial charge is 0.223 e. The Labute approximate surface area is 130 Å². The Morgan fingerprint density at radius 3 is 2.45 bits per heavy atom. The largest absolute Gasteiger partial charge is 0.352 e. The third kappa shape index (κ3) is 4.08. The number of amides is 2. The van der Waals surface area contributed by atoms with Gasteiger partial charge in [0.1, 0.15) is 0 Å². The molecule has 1 N–H and O–H groups in total. The van der Waals surface area contributed by atoms with Crippen molar-refractivity contribution < 1.29 is 9.59 Å². The first-order chi connectivity index (χ1) is 10.6. The standard InChI is InChI=1S/C17H21N3O2/c1-2-16(21)20-9-7-15(8-10-20)17(22)19-12-14-5-3-13(11-18)4-6-14/h3-6,15H,2,7-10,12H2,1H3,(H,19,22). The summed E-state index contributed by atoms with van der Waals surface area (Å²) < 4.78 is 0. The van der Waals surface area contributed by atoms with Gasteiger partial charge in [-0.2, -0.15) is 5.26 Å². The summed E-state index contributed by atoms with van der Waals surface area (Å²) in [4.78, 5) is 25.6. The molecular weight excluding hydrogens is 278 g/mol. The number of hydrogen-bond donors (Lipinski definition) is 1. The first kappa shape index (κ1) is 16.0. The van der Waals surface area contributed by atoms with Crippen molar-refractivity contribution in [3.05, 3.63) is 35.4 Å². The number of likely N-dealkylation sites (tertiary alicyclic amines) is 1. The van der Waals surface area contributed by atoms with E-state index in [1.54, 1.807) is 12.1 Å². The number of carbonyl (C=O) groups excluding carboxylic acids is 2. The monoisotopic (exact) mass is 299 g/mol. The maximum absolute atomic E-state index is 12.2. The zero-order valence-electron chi connectivity index (χ0n) is 12.8. The van der Waals surface area contributed by atoms with Crippen LogP contribution in [0.5, 0.6) is 0 Å². The Hall–Kier alpha value is -2.35. The number of piperidine rings is 1. The normalized spacial score (nSPS) is 15.2. The van der Waals surface area contributed by atoms with E-state index in [0.29, 0.717) is 31.6 Å². The molecule has 1 aromatic carbocycles. The number of nitrogens with zero attached hydrogens (tertiary/aromatic N) is 2. The zero-order valence-corrected chi connectivity index (χ0v) is 12.8. The molecule has 22 heavy (non-hydrogen) atoms. The third-order valence-corrected chi connectivity index (χ3v) is 4.07. The number of carbonyl (C=O) groups is 2. The molecule has 2 rings (SSSR count). The summed E-state index contributed by atoms with van der Waals surface area (Å²) in [5.41, 5.74) is 1.59. The highest BCUT2D eigenvalue weighted by molar-refractivity contribution is 5.80. The van der Waals surface area contributed by atoms with Crippen molar-refractivity contribution in [3.8, 4) is 6.07 Å². The fourth-order valence-electron chi connectivity index (χ4n) is 2.65. The van der Waals surface area contributed by atoms with Crippen LogP contribution in [0.2, 0.25) is 0 Å². The molecule has 1 aromatic rings. The second-order valence-electron chi connectivity index (χ2n) is 5.54. The summed E-state index contributed by atoms with van der Waals surface area (Å²) in [6, 6.07) is 9.26. The summed E-state index contributed by atoms with van der Waals surface area (Å²) in [6.45, 7) is 3.67. The molecule has 0 unspecified atom stereocenters. The van der Waals surface area contributed by atoms with Crippen molar-refractivity contribution in [1.29, 1.82) is 5.26 Å². The van der Waals surface area contributed by atoms with Crippen LogP contribution in [0.25, 0.3) is 0 Å². The SMILES string of the molecule is CCC(=O)N1CCC(C(=O)NCc2ccc(C#N)cc2)CC1. The van der Waals surface area contributed by atoms with E-state index in [1.807, 2.05) is 24.0 Å². The molecule has 5 heteroatoms. The van der Waals surface area contributed by atoms with Crippen LogP contribution in [0.4, 0.5) is 0 Å². The lowest BCUT2D eigenvalue weighted by Crippen LogP contribution is -2.42. The van der Waals surface area contributed by atoms with Crippen LogP contribution in [0.3, 0.4) is 0 Å². The predicted molar refractivity (Wildman–Crippen MR) is 82.6 cm³/mol. The molecule has 0 atom stereocenters. The summed E-state index contributed by atoms with van der Waals surface area (Å²) >= 11 is 0. The Morgan fingerprint density at radius 1 is 1.27 bits per heavy atom. The maximum Gasteiger partial charge on any atom is 0.223 e. The van der Waals surface area contributed by atoms with Gasteiger partial charge in [0, 0.05) is 32.0 Å². The number of nitriles is 1. The molecule has 0 aromatic heterocycles. The Morgan fingerprint density at radius 2 is 1.91 bits per heavy atom. The average Bonchev–Trinajstić information content (AvgIpc) is 2.59. The molecule has 0 aliphatic carbocycles. The van der Waals surface area contributed by atoms with Crippen molar-refractivity contribution in [1.82, 2.24) is 10.2 Å². The third-order valence-electron chi connectivity index (χ3n) is 4.07. The molecule has 0 spiro atoms. The molecule has 0 saturated carbocycles. The summed E-state index contributed by atoms with van der Waals surface area (Å²) in [6.07, 6.45) is 1.98. The number of hydrogen-bond acceptors (Lipinski definition) is 3. The van der Waals surface area contributed by atoms with E-state index in [4.69, 9.17) is 5.26 Å². The number of benzene rings is 1. The van der Waals surface area contributed by atoms with Gasteiger partial charge in [0.15, 0.2) is 0 Å². The van der Waals surface area contributed by atoms with Crippen LogP contribution in [0.15, 0.2) is 24.3 Å². The van der Waals surface area contributed by atoms with Gasteiger partial charge in [-0.15, -0.1) is 0 Å². The van der Waals surface area contributed by atoms with Gasteiger partial charge in [0.05, 0.1) is 11.6 Å². The highest BCUT2D eigenvalue weighted by atomic mass is 16.2. The molecule has 1 fully saturated rings. The first-order valence-corrected chi connectivity index (χ1v) is 7.68. The molecule has 1 heterocycles. The first-order valence-electron chi connectivity index (χ1n) is 7.68. The van der Waals surface area contributed by atoms with E-state index < -0.39 is 0 Å². The molecule has 0 bridgehead atoms. The topological polar surface area (TPSA) is 73.2 Å². The highest BCUT2D eigenvalue weighted by Gasteiger charge is 2.26. The van der Waals surface area contributed by atoms with Crippen LogP contribution in [0.1, 0.15) is 37.3 Å². The summed E-state index contributed by atoms with van der Waals surface area (Å²) in [7, 11) is 0. The minimum Gasteiger partial charge on any atom is -0.352 e. The summed E-state index contributed by atoms with van der Waals surface area (Å²) in [5, 5.41) is 11.7. The van der Waals surface area contributed by atoms with Gasteiger partial charge < -0.3 is 10.2 Å². The van der Waals surface area contributed by atoms with E-state index in [9.17, 15) is 9.59 Å². The van der Waals surface area contributed by atoms with E-state index in [2.05, 4.69) is 11.4 Å². The van der Waals surface area contributed by atoms with E-state index in [1.165, 1.54) is 0 Å². The minimum absolute atomic E-state index is 0.0145. The van der Waals surface area contributed by atoms with Gasteiger partial charge in [0.2, 0.25) is 11.8 Å². The van der Waals surface area contributed by atoms with E-state index in [0.717, 1.165) is 18.4 Å². The molecule has 1 saturated heterocycles. The fourth-order valence-corrected chi connectivity index (χ4v) is 2.65. The Bertz CT molecular complexity index is 567. The van der Waals surface area contributed by atoms with Gasteiger partial charge in [-0.3, -0.25) is 9.59 Å². The highest BCUT2D eigenvalue weighted by Crippen LogP contribution is 2.18. The average molecular weight is 299 g/mol. The molecule has 5 nitrogen and oxygen atoms in total. The number of nitrogens with one attached hydrogen (secondary N) is 1. The zero-order chi connectivity index (χ0) is 15.9. The van der Waals surface area contributed by atoms with Crippen molar-refractivity contribution in [3.63, 3.8) is 0 Å². The Kier molecular flexibility index (Phi) is 5.54. The summed E-state index contributed by atoms with van der Waals surface area (Å²) in [5.74, 6) is 0.198. The fraction of sp³-hybridized carbons (Fsp3) is 0.471. The van der Waals surface area contributed by atoms with Crippen molar-refractivity contribution in [2.75, 3.05) is 13.1 Å². The van der Waals surface area contributed by atoms with Gasteiger partial charge >= 0.3 is 0 Å². The van der Waals surface area contributed by atoms with Crippen molar-refractivity contribution in [2.45, 2.75) is 32.7 Å². The number of rotatable bonds is 4. The second-order valence-corrected chi connectivity index (χ2v) is 5.54. The quantitative estimate of drug-likeness (QED) is 0.921. The Balaban J connectivity index is 1.78. The maximum atomic E-state index is 12.2. The second kappa shape index (κ2) is 7.60. The van der Waals surface area contributed by atoms with E-state index in [-0.39, 0.29) is 17.7 Å². The lowest BCUT2D eigenvalue weighted by molar-refractivity contribution is -0.135. The minimum atomic E-state index is -0.0145. The van der Waals surface area contributed by atoms with Crippen molar-refractivity contribution in [2.24, 2.45) is 5.92 Å². The van der Waals surface area contributed by atoms with E-state index >= 15 is 0 Å². The molecule has 0 radical (unpaired) electrons. The van der Waals surface area contributed by atoms with Crippen LogP contribution in [0, 0.1) is 17.2 Å². The molecular formula is C17H21N3O2. The predicted octanol–water partition coefficient (Wildman–Crippen LogP) is 1.82. The molecule has 1 aliphatic heterocycles. The molecule has 2 amide bonds. The van der Waals surface area contributed by atoms with Gasteiger partial charge in [-0.05, 0) is 30.5 Å². The van der Waals surface area contributed by atoms with Crippen LogP contribution >= 0.6 is 0 Å². The molecule has 1 aliphatic rings. The molecule has 116 valence electrons. The van der Waals surface area contributed by atoms with Crippen LogP contribution in [-0.2, 0) is 16.1 Å². The van der Waals surface area contributed by atoms with Gasteiger partial charge in [-0.25, -0.2) is 0 Å².